The fourth-order valence-corrected chi connectivity index (χ4v) is 4.47. The molecule has 2 aromatic carbocycles. The molecule has 158 valence electrons. The third-order valence-electron chi connectivity index (χ3n) is 4.57. The fraction of sp³-hybridized carbons (Fsp3) is 0.381. The summed E-state index contributed by atoms with van der Waals surface area (Å²) >= 11 is 6.05. The summed E-state index contributed by atoms with van der Waals surface area (Å²) < 4.78 is 31.1. The number of hydrogen-bond acceptors (Lipinski definition) is 4. The van der Waals surface area contributed by atoms with Crippen molar-refractivity contribution in [2.75, 3.05) is 24.2 Å². The van der Waals surface area contributed by atoms with Gasteiger partial charge in [-0.1, -0.05) is 29.8 Å². The topological polar surface area (TPSA) is 75.7 Å². The van der Waals surface area contributed by atoms with Crippen LogP contribution in [0.5, 0.6) is 5.75 Å². The molecule has 0 radical (unpaired) electrons. The molecule has 0 aliphatic rings. The summed E-state index contributed by atoms with van der Waals surface area (Å²) in [5, 5.41) is 3.24. The zero-order valence-corrected chi connectivity index (χ0v) is 18.7. The second-order valence-electron chi connectivity index (χ2n) is 6.91. The highest BCUT2D eigenvalue weighted by Crippen LogP contribution is 2.28. The van der Waals surface area contributed by atoms with Gasteiger partial charge in [0, 0.05) is 11.6 Å². The van der Waals surface area contributed by atoms with Gasteiger partial charge in [-0.2, -0.15) is 0 Å². The summed E-state index contributed by atoms with van der Waals surface area (Å²) in [6.45, 7) is 3.79. The highest BCUT2D eigenvalue weighted by Gasteiger charge is 2.30. The second-order valence-corrected chi connectivity index (χ2v) is 9.21. The van der Waals surface area contributed by atoms with E-state index in [1.165, 1.54) is 0 Å². The summed E-state index contributed by atoms with van der Waals surface area (Å²) in [5.41, 5.74) is 2.23. The largest absolute Gasteiger partial charge is 0.497 e. The molecule has 0 bridgehead atoms. The van der Waals surface area contributed by atoms with E-state index in [1.807, 2.05) is 24.3 Å². The van der Waals surface area contributed by atoms with Crippen molar-refractivity contribution < 1.29 is 17.9 Å². The maximum atomic E-state index is 12.6. The van der Waals surface area contributed by atoms with Crippen molar-refractivity contribution >= 4 is 33.2 Å². The number of rotatable bonds is 9. The van der Waals surface area contributed by atoms with Crippen molar-refractivity contribution in [1.82, 2.24) is 5.32 Å². The Morgan fingerprint density at radius 3 is 2.62 bits per heavy atom. The van der Waals surface area contributed by atoms with Gasteiger partial charge in [-0.3, -0.25) is 9.10 Å². The molecule has 0 aliphatic heterocycles. The smallest absolute Gasteiger partial charge is 0.243 e. The van der Waals surface area contributed by atoms with Gasteiger partial charge in [0.1, 0.15) is 11.8 Å². The number of nitrogens with one attached hydrogen (secondary N) is 1. The van der Waals surface area contributed by atoms with Crippen LogP contribution in [0.3, 0.4) is 0 Å². The van der Waals surface area contributed by atoms with E-state index in [1.54, 1.807) is 39.2 Å². The van der Waals surface area contributed by atoms with Gasteiger partial charge in [0.05, 0.1) is 19.1 Å². The number of hydrogen-bond donors (Lipinski definition) is 1. The molecule has 0 spiro atoms. The minimum absolute atomic E-state index is 0.361. The molecule has 0 fully saturated rings. The molecule has 2 rings (SSSR count). The number of benzene rings is 2. The fourth-order valence-electron chi connectivity index (χ4n) is 3.08. The summed E-state index contributed by atoms with van der Waals surface area (Å²) in [6, 6.07) is 11.8. The standard InChI is InChI=1S/C21H27ClN2O4S/c1-15-10-11-18(22)14-20(15)24(29(4,26)27)16(2)21(25)23-12-6-8-17-7-5-9-19(13-17)28-3/h5,7,9-11,13-14,16H,6,8,12H2,1-4H3,(H,23,25). The Bertz CT molecular complexity index is 963. The first-order chi connectivity index (χ1) is 13.6. The molecule has 6 nitrogen and oxygen atoms in total. The number of sulfonamides is 1. The maximum absolute atomic E-state index is 12.6. The van der Waals surface area contributed by atoms with Gasteiger partial charge in [-0.05, 0) is 62.1 Å². The summed E-state index contributed by atoms with van der Waals surface area (Å²) in [7, 11) is -2.06. The van der Waals surface area contributed by atoms with E-state index in [0.29, 0.717) is 17.3 Å². The molecule has 1 N–H and O–H groups in total. The Hall–Kier alpha value is -2.25. The van der Waals surface area contributed by atoms with Crippen LogP contribution >= 0.6 is 11.6 Å². The monoisotopic (exact) mass is 438 g/mol. The van der Waals surface area contributed by atoms with E-state index in [4.69, 9.17) is 16.3 Å². The zero-order valence-electron chi connectivity index (χ0n) is 17.1. The molecule has 0 aromatic heterocycles. The highest BCUT2D eigenvalue weighted by molar-refractivity contribution is 7.92. The molecule has 2 aromatic rings. The lowest BCUT2D eigenvalue weighted by Gasteiger charge is -2.29. The Morgan fingerprint density at radius 1 is 1.24 bits per heavy atom. The molecule has 1 unspecified atom stereocenters. The van der Waals surface area contributed by atoms with Crippen LogP contribution in [-0.2, 0) is 21.2 Å². The number of carbonyl (C=O) groups excluding carboxylic acids is 1. The predicted molar refractivity (Wildman–Crippen MR) is 117 cm³/mol. The average Bonchev–Trinajstić information content (AvgIpc) is 2.67. The van der Waals surface area contributed by atoms with Gasteiger partial charge in [0.15, 0.2) is 0 Å². The predicted octanol–water partition coefficient (Wildman–Crippen LogP) is 3.56. The number of carbonyl (C=O) groups is 1. The second kappa shape index (κ2) is 9.98. The lowest BCUT2D eigenvalue weighted by atomic mass is 10.1. The molecule has 29 heavy (non-hydrogen) atoms. The van der Waals surface area contributed by atoms with Crippen LogP contribution in [0, 0.1) is 6.92 Å². The van der Waals surface area contributed by atoms with Crippen LogP contribution in [0.2, 0.25) is 5.02 Å². The molecule has 0 saturated heterocycles. The van der Waals surface area contributed by atoms with Gasteiger partial charge < -0.3 is 10.1 Å². The first-order valence-corrected chi connectivity index (χ1v) is 11.5. The lowest BCUT2D eigenvalue weighted by Crippen LogP contribution is -2.48. The van der Waals surface area contributed by atoms with Gasteiger partial charge in [0.2, 0.25) is 15.9 Å². The number of methoxy groups -OCH3 is 1. The maximum Gasteiger partial charge on any atom is 0.243 e. The molecule has 0 aliphatic carbocycles. The SMILES string of the molecule is COc1cccc(CCCNC(=O)C(C)N(c2cc(Cl)ccc2C)S(C)(=O)=O)c1. The van der Waals surface area contributed by atoms with Gasteiger partial charge in [0.25, 0.3) is 0 Å². The van der Waals surface area contributed by atoms with Crippen LogP contribution in [0.1, 0.15) is 24.5 Å². The molecule has 1 atom stereocenters. The Balaban J connectivity index is 2.03. The number of aryl methyl sites for hydroxylation is 2. The minimum Gasteiger partial charge on any atom is -0.497 e. The third-order valence-corrected chi connectivity index (χ3v) is 6.04. The van der Waals surface area contributed by atoms with E-state index >= 15 is 0 Å². The molecule has 0 heterocycles. The zero-order chi connectivity index (χ0) is 21.6. The van der Waals surface area contributed by atoms with Gasteiger partial charge >= 0.3 is 0 Å². The normalized spacial score (nSPS) is 12.3. The van der Waals surface area contributed by atoms with Crippen LogP contribution in [0.15, 0.2) is 42.5 Å². The van der Waals surface area contributed by atoms with Crippen LogP contribution in [0.4, 0.5) is 5.69 Å². The van der Waals surface area contributed by atoms with Gasteiger partial charge in [-0.25, -0.2) is 8.42 Å². The van der Waals surface area contributed by atoms with Crippen molar-refractivity contribution in [1.29, 1.82) is 0 Å². The number of halogens is 1. The Kier molecular flexibility index (Phi) is 7.93. The van der Waals surface area contributed by atoms with Crippen molar-refractivity contribution in [2.24, 2.45) is 0 Å². The number of anilines is 1. The summed E-state index contributed by atoms with van der Waals surface area (Å²) in [6.07, 6.45) is 2.58. The van der Waals surface area contributed by atoms with E-state index in [9.17, 15) is 13.2 Å². The Morgan fingerprint density at radius 2 is 1.97 bits per heavy atom. The van der Waals surface area contributed by atoms with Crippen molar-refractivity contribution in [3.63, 3.8) is 0 Å². The van der Waals surface area contributed by atoms with Crippen molar-refractivity contribution in [2.45, 2.75) is 32.7 Å². The molecular weight excluding hydrogens is 412 g/mol. The van der Waals surface area contributed by atoms with E-state index in [0.717, 1.165) is 40.3 Å². The van der Waals surface area contributed by atoms with E-state index < -0.39 is 16.1 Å². The molecule has 0 saturated carbocycles. The van der Waals surface area contributed by atoms with Crippen LogP contribution in [-0.4, -0.2) is 40.3 Å². The molecule has 1 amide bonds. The number of ether oxygens (including phenoxy) is 1. The van der Waals surface area contributed by atoms with Crippen LogP contribution < -0.4 is 14.4 Å². The third kappa shape index (κ3) is 6.37. The minimum atomic E-state index is -3.68. The van der Waals surface area contributed by atoms with E-state index in [2.05, 4.69) is 5.32 Å². The van der Waals surface area contributed by atoms with Crippen molar-refractivity contribution in [3.8, 4) is 5.75 Å². The van der Waals surface area contributed by atoms with Crippen molar-refractivity contribution in [3.05, 3.63) is 58.6 Å². The molecule has 8 heteroatoms. The van der Waals surface area contributed by atoms with Crippen LogP contribution in [0.25, 0.3) is 0 Å². The quantitative estimate of drug-likeness (QED) is 0.607. The van der Waals surface area contributed by atoms with Gasteiger partial charge in [-0.15, -0.1) is 0 Å². The highest BCUT2D eigenvalue weighted by atomic mass is 35.5. The lowest BCUT2D eigenvalue weighted by molar-refractivity contribution is -0.121. The Labute approximate surface area is 177 Å². The summed E-state index contributed by atoms with van der Waals surface area (Å²) in [5.74, 6) is 0.432. The first kappa shape index (κ1) is 23.0. The first-order valence-electron chi connectivity index (χ1n) is 9.29. The number of nitrogens with zero attached hydrogens (tertiary/aromatic N) is 1. The summed E-state index contributed by atoms with van der Waals surface area (Å²) in [4.78, 5) is 12.6. The number of amides is 1. The molecular formula is C21H27ClN2O4S. The van der Waals surface area contributed by atoms with E-state index in [-0.39, 0.29) is 5.91 Å². The average molecular weight is 439 g/mol.